The van der Waals surface area contributed by atoms with Gasteiger partial charge in [-0.15, -0.1) is 5.10 Å². The van der Waals surface area contributed by atoms with Gasteiger partial charge in [0, 0.05) is 13.1 Å². The van der Waals surface area contributed by atoms with Crippen molar-refractivity contribution in [3.63, 3.8) is 0 Å². The van der Waals surface area contributed by atoms with E-state index in [9.17, 15) is 4.79 Å². The number of benzene rings is 2. The van der Waals surface area contributed by atoms with Crippen molar-refractivity contribution in [1.29, 1.82) is 0 Å². The number of rotatable bonds is 6. The summed E-state index contributed by atoms with van der Waals surface area (Å²) in [5, 5.41) is 11.1. The van der Waals surface area contributed by atoms with Crippen molar-refractivity contribution in [2.45, 2.75) is 26.4 Å². The van der Waals surface area contributed by atoms with Gasteiger partial charge in [0.15, 0.2) is 0 Å². The Balaban J connectivity index is 1.32. The standard InChI is InChI=1S/C19H20N6O/c1-14-21-15-7-2-4-9-17(15)24(14)12-6-11-20-19(26)13-25-18-10-5-3-8-16(18)22-23-25/h2-5,7-10H,6,11-13H2,1H3,(H,20,26). The number of aromatic nitrogens is 5. The Bertz CT molecular complexity index is 1060. The van der Waals surface area contributed by atoms with E-state index in [0.717, 1.165) is 40.9 Å². The highest BCUT2D eigenvalue weighted by Gasteiger charge is 2.09. The van der Waals surface area contributed by atoms with Crippen LogP contribution in [-0.4, -0.2) is 37.0 Å². The molecule has 26 heavy (non-hydrogen) atoms. The molecule has 2 aromatic carbocycles. The molecule has 4 aromatic rings. The lowest BCUT2D eigenvalue weighted by Crippen LogP contribution is -2.29. The first-order chi connectivity index (χ1) is 12.7. The molecule has 4 rings (SSSR count). The Morgan fingerprint density at radius 1 is 1.04 bits per heavy atom. The number of hydrogen-bond acceptors (Lipinski definition) is 4. The molecule has 2 heterocycles. The number of amides is 1. The van der Waals surface area contributed by atoms with Gasteiger partial charge in [0.2, 0.25) is 5.91 Å². The van der Waals surface area contributed by atoms with Crippen molar-refractivity contribution in [3.05, 3.63) is 54.4 Å². The van der Waals surface area contributed by atoms with Crippen LogP contribution in [-0.2, 0) is 17.9 Å². The molecule has 7 nitrogen and oxygen atoms in total. The number of fused-ring (bicyclic) bond motifs is 2. The monoisotopic (exact) mass is 348 g/mol. The van der Waals surface area contributed by atoms with Crippen molar-refractivity contribution in [2.24, 2.45) is 0 Å². The van der Waals surface area contributed by atoms with E-state index < -0.39 is 0 Å². The maximum absolute atomic E-state index is 12.2. The number of carbonyl (C=O) groups excluding carboxylic acids is 1. The number of nitrogens with one attached hydrogen (secondary N) is 1. The fourth-order valence-corrected chi connectivity index (χ4v) is 3.17. The molecule has 0 atom stereocenters. The normalized spacial score (nSPS) is 11.3. The zero-order chi connectivity index (χ0) is 17.9. The van der Waals surface area contributed by atoms with E-state index in [1.165, 1.54) is 0 Å². The third-order valence-electron chi connectivity index (χ3n) is 4.44. The molecule has 0 aliphatic carbocycles. The van der Waals surface area contributed by atoms with Gasteiger partial charge < -0.3 is 9.88 Å². The Hall–Kier alpha value is -3.22. The summed E-state index contributed by atoms with van der Waals surface area (Å²) in [6.45, 7) is 3.61. The molecule has 0 saturated carbocycles. The largest absolute Gasteiger partial charge is 0.354 e. The number of para-hydroxylation sites is 3. The van der Waals surface area contributed by atoms with Gasteiger partial charge in [-0.2, -0.15) is 0 Å². The molecule has 1 amide bonds. The molecule has 132 valence electrons. The predicted octanol–water partition coefficient (Wildman–Crippen LogP) is 2.30. The minimum atomic E-state index is -0.0622. The number of aryl methyl sites for hydroxylation is 2. The summed E-state index contributed by atoms with van der Waals surface area (Å²) in [7, 11) is 0. The maximum atomic E-state index is 12.2. The number of imidazole rings is 1. The molecule has 0 saturated heterocycles. The first-order valence-corrected chi connectivity index (χ1v) is 8.69. The average Bonchev–Trinajstić information content (AvgIpc) is 3.20. The molecular weight excluding hydrogens is 328 g/mol. The summed E-state index contributed by atoms with van der Waals surface area (Å²) in [4.78, 5) is 16.7. The van der Waals surface area contributed by atoms with Crippen molar-refractivity contribution < 1.29 is 4.79 Å². The molecule has 0 spiro atoms. The van der Waals surface area contributed by atoms with Gasteiger partial charge in [-0.3, -0.25) is 4.79 Å². The molecule has 0 radical (unpaired) electrons. The van der Waals surface area contributed by atoms with Gasteiger partial charge in [-0.05, 0) is 37.6 Å². The fraction of sp³-hybridized carbons (Fsp3) is 0.263. The van der Waals surface area contributed by atoms with Crippen molar-refractivity contribution in [3.8, 4) is 0 Å². The quantitative estimate of drug-likeness (QED) is 0.542. The van der Waals surface area contributed by atoms with Gasteiger partial charge in [0.25, 0.3) is 0 Å². The maximum Gasteiger partial charge on any atom is 0.241 e. The molecule has 0 fully saturated rings. The highest BCUT2D eigenvalue weighted by molar-refractivity contribution is 5.79. The Morgan fingerprint density at radius 3 is 2.62 bits per heavy atom. The lowest BCUT2D eigenvalue weighted by molar-refractivity contribution is -0.121. The summed E-state index contributed by atoms with van der Waals surface area (Å²) in [5.41, 5.74) is 3.79. The molecule has 0 aliphatic rings. The van der Waals surface area contributed by atoms with Crippen molar-refractivity contribution in [2.75, 3.05) is 6.54 Å². The van der Waals surface area contributed by atoms with Crippen LogP contribution in [0.2, 0.25) is 0 Å². The van der Waals surface area contributed by atoms with Gasteiger partial charge >= 0.3 is 0 Å². The van der Waals surface area contributed by atoms with Crippen molar-refractivity contribution in [1.82, 2.24) is 29.9 Å². The first-order valence-electron chi connectivity index (χ1n) is 8.69. The SMILES string of the molecule is Cc1nc2ccccc2n1CCCNC(=O)Cn1nnc2ccccc21. The summed E-state index contributed by atoms with van der Waals surface area (Å²) < 4.78 is 3.81. The van der Waals surface area contributed by atoms with Crippen LogP contribution in [0.5, 0.6) is 0 Å². The van der Waals surface area contributed by atoms with Crippen molar-refractivity contribution >= 4 is 28.0 Å². The zero-order valence-electron chi connectivity index (χ0n) is 14.6. The minimum Gasteiger partial charge on any atom is -0.354 e. The molecule has 1 N–H and O–H groups in total. The summed E-state index contributed by atoms with van der Waals surface area (Å²) in [5.74, 6) is 0.930. The van der Waals surface area contributed by atoms with E-state index >= 15 is 0 Å². The lowest BCUT2D eigenvalue weighted by Gasteiger charge is -2.08. The summed E-state index contributed by atoms with van der Waals surface area (Å²) >= 11 is 0. The molecule has 2 aromatic heterocycles. The van der Waals surface area contributed by atoms with E-state index in [2.05, 4.69) is 31.2 Å². The van der Waals surface area contributed by atoms with Crippen LogP contribution in [0.3, 0.4) is 0 Å². The number of carbonyl (C=O) groups is 1. The topological polar surface area (TPSA) is 77.6 Å². The van der Waals surface area contributed by atoms with E-state index in [1.807, 2.05) is 49.4 Å². The van der Waals surface area contributed by atoms with E-state index in [-0.39, 0.29) is 12.5 Å². The second-order valence-corrected chi connectivity index (χ2v) is 6.24. The molecule has 0 unspecified atom stereocenters. The lowest BCUT2D eigenvalue weighted by atomic mass is 10.3. The van der Waals surface area contributed by atoms with Gasteiger partial charge in [-0.1, -0.05) is 29.5 Å². The summed E-state index contributed by atoms with van der Waals surface area (Å²) in [6.07, 6.45) is 0.838. The third-order valence-corrected chi connectivity index (χ3v) is 4.44. The predicted molar refractivity (Wildman–Crippen MR) is 99.6 cm³/mol. The number of nitrogens with zero attached hydrogens (tertiary/aromatic N) is 5. The van der Waals surface area contributed by atoms with E-state index in [4.69, 9.17) is 0 Å². The fourth-order valence-electron chi connectivity index (χ4n) is 3.17. The molecular formula is C19H20N6O. The van der Waals surface area contributed by atoms with E-state index in [0.29, 0.717) is 6.54 Å². The van der Waals surface area contributed by atoms with Crippen LogP contribution in [0.1, 0.15) is 12.2 Å². The van der Waals surface area contributed by atoms with Crippen LogP contribution >= 0.6 is 0 Å². The zero-order valence-corrected chi connectivity index (χ0v) is 14.6. The Morgan fingerprint density at radius 2 is 1.77 bits per heavy atom. The molecule has 0 bridgehead atoms. The van der Waals surface area contributed by atoms with Gasteiger partial charge in [-0.25, -0.2) is 9.67 Å². The highest BCUT2D eigenvalue weighted by atomic mass is 16.2. The van der Waals surface area contributed by atoms with Crippen LogP contribution in [0.15, 0.2) is 48.5 Å². The Labute approximate surface area is 150 Å². The smallest absolute Gasteiger partial charge is 0.241 e. The van der Waals surface area contributed by atoms with Gasteiger partial charge in [0.1, 0.15) is 17.9 Å². The molecule has 0 aliphatic heterocycles. The van der Waals surface area contributed by atoms with Crippen LogP contribution in [0.4, 0.5) is 0 Å². The van der Waals surface area contributed by atoms with Gasteiger partial charge in [0.05, 0.1) is 16.6 Å². The average molecular weight is 348 g/mol. The first kappa shape index (κ1) is 16.3. The second-order valence-electron chi connectivity index (χ2n) is 6.24. The van der Waals surface area contributed by atoms with Crippen LogP contribution in [0.25, 0.3) is 22.1 Å². The van der Waals surface area contributed by atoms with E-state index in [1.54, 1.807) is 4.68 Å². The van der Waals surface area contributed by atoms with Crippen LogP contribution in [0, 0.1) is 6.92 Å². The highest BCUT2D eigenvalue weighted by Crippen LogP contribution is 2.15. The number of hydrogen-bond donors (Lipinski definition) is 1. The Kier molecular flexibility index (Phi) is 4.35. The minimum absolute atomic E-state index is 0.0622. The third kappa shape index (κ3) is 3.15. The summed E-state index contributed by atoms with van der Waals surface area (Å²) in [6, 6.07) is 15.7. The van der Waals surface area contributed by atoms with Crippen LogP contribution < -0.4 is 5.32 Å². The second kappa shape index (κ2) is 6.95. The molecule has 7 heteroatoms.